The lowest BCUT2D eigenvalue weighted by Gasteiger charge is -2.20. The third-order valence-electron chi connectivity index (χ3n) is 3.01. The Morgan fingerprint density at radius 3 is 2.44 bits per heavy atom. The number of aryl methyl sites for hydroxylation is 1. The topological polar surface area (TPSA) is 25.8 Å². The molecule has 18 heavy (non-hydrogen) atoms. The Morgan fingerprint density at radius 2 is 1.83 bits per heavy atom. The van der Waals surface area contributed by atoms with E-state index in [2.05, 4.69) is 71.8 Å². The number of halogens is 1. The van der Waals surface area contributed by atoms with Crippen molar-refractivity contribution in [1.29, 1.82) is 0 Å². The van der Waals surface area contributed by atoms with E-state index < -0.39 is 0 Å². The molecule has 0 aliphatic carbocycles. The smallest absolute Gasteiger partial charge is 0.197 e. The van der Waals surface area contributed by atoms with Gasteiger partial charge in [0.25, 0.3) is 0 Å². The van der Waals surface area contributed by atoms with E-state index in [-0.39, 0.29) is 5.41 Å². The van der Waals surface area contributed by atoms with Gasteiger partial charge in [0, 0.05) is 11.8 Å². The van der Waals surface area contributed by atoms with Gasteiger partial charge in [0.15, 0.2) is 4.73 Å². The third kappa shape index (κ3) is 2.78. The predicted octanol–water partition coefficient (Wildman–Crippen LogP) is 4.51. The molecule has 0 atom stereocenters. The zero-order chi connectivity index (χ0) is 13.3. The molecule has 94 valence electrons. The van der Waals surface area contributed by atoms with Crippen molar-refractivity contribution in [3.8, 4) is 11.3 Å². The molecule has 1 heterocycles. The molecule has 2 nitrogen and oxygen atoms in total. The van der Waals surface area contributed by atoms with Crippen LogP contribution < -0.4 is 0 Å². The molecule has 2 rings (SSSR count). The molecule has 0 unspecified atom stereocenters. The minimum Gasteiger partial charge on any atom is -0.231 e. The Balaban J connectivity index is 2.57. The second-order valence-electron chi connectivity index (χ2n) is 5.49. The van der Waals surface area contributed by atoms with Crippen LogP contribution >= 0.6 is 15.9 Å². The summed E-state index contributed by atoms with van der Waals surface area (Å²) in [5.41, 5.74) is 4.82. The number of aromatic nitrogens is 2. The summed E-state index contributed by atoms with van der Waals surface area (Å²) < 4.78 is 0.626. The zero-order valence-corrected chi connectivity index (χ0v) is 12.7. The Hall–Kier alpha value is -1.22. The van der Waals surface area contributed by atoms with Crippen LogP contribution in [0.1, 0.15) is 31.9 Å². The lowest BCUT2D eigenvalue weighted by atomic mass is 9.85. The summed E-state index contributed by atoms with van der Waals surface area (Å²) in [7, 11) is 0. The molecule has 1 aromatic heterocycles. The van der Waals surface area contributed by atoms with Crippen molar-refractivity contribution in [2.45, 2.75) is 33.1 Å². The summed E-state index contributed by atoms with van der Waals surface area (Å²) in [6, 6.07) is 8.52. The molecule has 0 N–H and O–H groups in total. The van der Waals surface area contributed by atoms with Gasteiger partial charge in [-0.05, 0) is 51.5 Å². The van der Waals surface area contributed by atoms with E-state index in [4.69, 9.17) is 0 Å². The summed E-state index contributed by atoms with van der Waals surface area (Å²) in [5.74, 6) is 0. The molecule has 1 aromatic carbocycles. The molecular formula is C15H17BrN2. The van der Waals surface area contributed by atoms with Gasteiger partial charge in [-0.1, -0.05) is 32.9 Å². The van der Waals surface area contributed by atoms with Crippen LogP contribution in [0, 0.1) is 6.92 Å². The fraction of sp³-hybridized carbons (Fsp3) is 0.333. The van der Waals surface area contributed by atoms with E-state index in [1.807, 2.05) is 6.07 Å². The minimum absolute atomic E-state index is 0.146. The highest BCUT2D eigenvalue weighted by atomic mass is 79.9. The van der Waals surface area contributed by atoms with Crippen molar-refractivity contribution < 1.29 is 0 Å². The van der Waals surface area contributed by atoms with Gasteiger partial charge in [-0.2, -0.15) is 0 Å². The molecule has 0 spiro atoms. The van der Waals surface area contributed by atoms with Crippen molar-refractivity contribution in [3.63, 3.8) is 0 Å². The summed E-state index contributed by atoms with van der Waals surface area (Å²) >= 11 is 3.32. The quantitative estimate of drug-likeness (QED) is 0.724. The van der Waals surface area contributed by atoms with Gasteiger partial charge < -0.3 is 0 Å². The van der Waals surface area contributed by atoms with Crippen molar-refractivity contribution in [2.75, 3.05) is 0 Å². The van der Waals surface area contributed by atoms with E-state index in [9.17, 15) is 0 Å². The minimum atomic E-state index is 0.146. The monoisotopic (exact) mass is 304 g/mol. The Labute approximate surface area is 117 Å². The zero-order valence-electron chi connectivity index (χ0n) is 11.2. The molecule has 0 fully saturated rings. The van der Waals surface area contributed by atoms with Crippen LogP contribution in [0.2, 0.25) is 0 Å². The van der Waals surface area contributed by atoms with Gasteiger partial charge in [-0.15, -0.1) is 0 Å². The van der Waals surface area contributed by atoms with E-state index in [0.29, 0.717) is 4.73 Å². The van der Waals surface area contributed by atoms with Crippen molar-refractivity contribution in [1.82, 2.24) is 9.97 Å². The Morgan fingerprint density at radius 1 is 1.11 bits per heavy atom. The second-order valence-corrected chi connectivity index (χ2v) is 6.20. The highest BCUT2D eigenvalue weighted by Crippen LogP contribution is 2.29. The van der Waals surface area contributed by atoms with Gasteiger partial charge in [0.05, 0.1) is 5.69 Å². The molecule has 0 bridgehead atoms. The lowest BCUT2D eigenvalue weighted by Crippen LogP contribution is -2.11. The first kappa shape index (κ1) is 13.2. The SMILES string of the molecule is Cc1ccc(C(C)(C)C)cc1-c1ccnc(Br)n1. The Kier molecular flexibility index (Phi) is 3.53. The predicted molar refractivity (Wildman–Crippen MR) is 78.6 cm³/mol. The van der Waals surface area contributed by atoms with Crippen LogP contribution in [0.4, 0.5) is 0 Å². The molecule has 0 aliphatic heterocycles. The fourth-order valence-corrected chi connectivity index (χ4v) is 2.16. The maximum Gasteiger partial charge on any atom is 0.197 e. The number of benzene rings is 1. The summed E-state index contributed by atoms with van der Waals surface area (Å²) in [6.07, 6.45) is 1.77. The first-order valence-electron chi connectivity index (χ1n) is 5.98. The number of hydrogen-bond donors (Lipinski definition) is 0. The Bertz CT molecular complexity index is 571. The average molecular weight is 305 g/mol. The van der Waals surface area contributed by atoms with Crippen LogP contribution in [0.25, 0.3) is 11.3 Å². The first-order chi connectivity index (χ1) is 8.38. The van der Waals surface area contributed by atoms with Crippen LogP contribution in [0.3, 0.4) is 0 Å². The van der Waals surface area contributed by atoms with E-state index in [1.54, 1.807) is 6.20 Å². The molecule has 0 aliphatic rings. The van der Waals surface area contributed by atoms with Crippen LogP contribution in [0.5, 0.6) is 0 Å². The second kappa shape index (κ2) is 4.81. The molecule has 0 saturated heterocycles. The van der Waals surface area contributed by atoms with Gasteiger partial charge in [0.1, 0.15) is 0 Å². The molecule has 0 radical (unpaired) electrons. The average Bonchev–Trinajstić information content (AvgIpc) is 2.28. The molecule has 0 amide bonds. The first-order valence-corrected chi connectivity index (χ1v) is 6.77. The standard InChI is InChI=1S/C15H17BrN2/c1-10-5-6-11(15(2,3)4)9-12(10)13-7-8-17-14(16)18-13/h5-9H,1-4H3. The van der Waals surface area contributed by atoms with Crippen molar-refractivity contribution in [2.24, 2.45) is 0 Å². The molecule has 0 saturated carbocycles. The van der Waals surface area contributed by atoms with E-state index in [1.165, 1.54) is 16.7 Å². The highest BCUT2D eigenvalue weighted by Gasteiger charge is 2.15. The van der Waals surface area contributed by atoms with Gasteiger partial charge in [-0.25, -0.2) is 9.97 Å². The van der Waals surface area contributed by atoms with Crippen LogP contribution in [-0.4, -0.2) is 9.97 Å². The number of rotatable bonds is 1. The molecular weight excluding hydrogens is 288 g/mol. The molecule has 2 aromatic rings. The van der Waals surface area contributed by atoms with E-state index >= 15 is 0 Å². The maximum absolute atomic E-state index is 4.43. The van der Waals surface area contributed by atoms with Crippen LogP contribution in [-0.2, 0) is 5.41 Å². The maximum atomic E-state index is 4.43. The summed E-state index contributed by atoms with van der Waals surface area (Å²) in [5, 5.41) is 0. The number of nitrogens with zero attached hydrogens (tertiary/aromatic N) is 2. The van der Waals surface area contributed by atoms with Gasteiger partial charge in [-0.3, -0.25) is 0 Å². The van der Waals surface area contributed by atoms with Crippen LogP contribution in [0.15, 0.2) is 35.2 Å². The van der Waals surface area contributed by atoms with Gasteiger partial charge in [0.2, 0.25) is 0 Å². The number of hydrogen-bond acceptors (Lipinski definition) is 2. The lowest BCUT2D eigenvalue weighted by molar-refractivity contribution is 0.590. The van der Waals surface area contributed by atoms with E-state index in [0.717, 1.165) is 5.69 Å². The van der Waals surface area contributed by atoms with Crippen molar-refractivity contribution in [3.05, 3.63) is 46.3 Å². The largest absolute Gasteiger partial charge is 0.231 e. The van der Waals surface area contributed by atoms with Crippen molar-refractivity contribution >= 4 is 15.9 Å². The fourth-order valence-electron chi connectivity index (χ4n) is 1.85. The molecule has 3 heteroatoms. The summed E-state index contributed by atoms with van der Waals surface area (Å²) in [4.78, 5) is 8.50. The normalized spacial score (nSPS) is 11.6. The third-order valence-corrected chi connectivity index (χ3v) is 3.39. The summed E-state index contributed by atoms with van der Waals surface area (Å²) in [6.45, 7) is 8.77. The van der Waals surface area contributed by atoms with Gasteiger partial charge >= 0.3 is 0 Å². The highest BCUT2D eigenvalue weighted by molar-refractivity contribution is 9.10.